The van der Waals surface area contributed by atoms with Crippen LogP contribution in [0.2, 0.25) is 0 Å². The molecule has 0 aliphatic heterocycles. The van der Waals surface area contributed by atoms with Crippen molar-refractivity contribution in [2.75, 3.05) is 6.61 Å². The molecule has 0 radical (unpaired) electrons. The van der Waals surface area contributed by atoms with Gasteiger partial charge in [0, 0.05) is 23.9 Å². The Morgan fingerprint density at radius 3 is 2.06 bits per heavy atom. The molecule has 186 valence electrons. The molecule has 2 aliphatic rings. The summed E-state index contributed by atoms with van der Waals surface area (Å²) in [7, 11) is 0. The van der Waals surface area contributed by atoms with Crippen LogP contribution in [0, 0.1) is 17.3 Å². The Morgan fingerprint density at radius 2 is 1.54 bits per heavy atom. The number of nitrogens with one attached hydrogen (secondary N) is 2. The Hall–Kier alpha value is -3.35. The molecule has 1 unspecified atom stereocenters. The first-order valence-electron chi connectivity index (χ1n) is 12.2. The van der Waals surface area contributed by atoms with Gasteiger partial charge in [-0.05, 0) is 54.9 Å². The highest BCUT2D eigenvalue weighted by atomic mass is 16.5. The van der Waals surface area contributed by atoms with Crippen molar-refractivity contribution in [1.82, 2.24) is 10.6 Å². The molecule has 0 spiro atoms. The number of hydrogen-bond acceptors (Lipinski definition) is 4. The SMILES string of the molecule is CC(C)C(NC(=O)C1CC(NC(=O)OCC2c3ccccc3-c3ccccc32)C1)C(C)(C)C(=O)O. The summed E-state index contributed by atoms with van der Waals surface area (Å²) in [5.41, 5.74) is 3.59. The second-order valence-electron chi connectivity index (χ2n) is 10.6. The highest BCUT2D eigenvalue weighted by Gasteiger charge is 2.43. The average Bonchev–Trinajstić information content (AvgIpc) is 3.11. The van der Waals surface area contributed by atoms with Gasteiger partial charge in [-0.1, -0.05) is 62.4 Å². The van der Waals surface area contributed by atoms with Crippen molar-refractivity contribution in [3.05, 3.63) is 59.7 Å². The van der Waals surface area contributed by atoms with Crippen LogP contribution in [-0.2, 0) is 14.3 Å². The lowest BCUT2D eigenvalue weighted by atomic mass is 9.76. The standard InChI is InChI=1S/C28H34N2O5/c1-16(2)24(28(3,4)26(32)33)30-25(31)17-13-18(14-17)29-27(34)35-15-23-21-11-7-5-9-19(21)20-10-6-8-12-22(20)23/h5-12,16-18,23-24H,13-15H2,1-4H3,(H,29,34)(H,30,31)(H,32,33). The number of alkyl carbamates (subject to hydrolysis) is 1. The third-order valence-electron chi connectivity index (χ3n) is 7.47. The summed E-state index contributed by atoms with van der Waals surface area (Å²) in [6, 6.07) is 15.7. The Kier molecular flexibility index (Phi) is 6.88. The third kappa shape index (κ3) is 4.90. The first kappa shape index (κ1) is 24.8. The minimum atomic E-state index is -1.08. The average molecular weight is 479 g/mol. The molecule has 1 fully saturated rings. The van der Waals surface area contributed by atoms with Gasteiger partial charge in [-0.15, -0.1) is 0 Å². The molecular weight excluding hydrogens is 444 g/mol. The molecule has 2 aliphatic carbocycles. The van der Waals surface area contributed by atoms with Gasteiger partial charge in [-0.3, -0.25) is 9.59 Å². The molecule has 35 heavy (non-hydrogen) atoms. The molecule has 0 bridgehead atoms. The lowest BCUT2D eigenvalue weighted by molar-refractivity contribution is -0.150. The van der Waals surface area contributed by atoms with Gasteiger partial charge in [0.2, 0.25) is 5.91 Å². The monoisotopic (exact) mass is 478 g/mol. The number of ether oxygens (including phenoxy) is 1. The van der Waals surface area contributed by atoms with Gasteiger partial charge < -0.3 is 20.5 Å². The summed E-state index contributed by atoms with van der Waals surface area (Å²) in [5.74, 6) is -1.39. The Morgan fingerprint density at radius 1 is 1.00 bits per heavy atom. The number of carboxylic acid groups (broad SMARTS) is 1. The zero-order valence-corrected chi connectivity index (χ0v) is 20.7. The molecule has 3 N–H and O–H groups in total. The number of carboxylic acids is 1. The van der Waals surface area contributed by atoms with Crippen LogP contribution in [0.5, 0.6) is 0 Å². The number of hydrogen-bond donors (Lipinski definition) is 3. The molecule has 2 aromatic rings. The van der Waals surface area contributed by atoms with E-state index in [2.05, 4.69) is 34.9 Å². The maximum Gasteiger partial charge on any atom is 0.407 e. The number of fused-ring (bicyclic) bond motifs is 3. The Bertz CT molecular complexity index is 1070. The van der Waals surface area contributed by atoms with Crippen LogP contribution in [0.15, 0.2) is 48.5 Å². The predicted octanol–water partition coefficient (Wildman–Crippen LogP) is 4.56. The van der Waals surface area contributed by atoms with Crippen molar-refractivity contribution >= 4 is 18.0 Å². The van der Waals surface area contributed by atoms with E-state index in [9.17, 15) is 19.5 Å². The maximum atomic E-state index is 12.7. The van der Waals surface area contributed by atoms with Crippen molar-refractivity contribution in [2.24, 2.45) is 17.3 Å². The molecule has 0 aromatic heterocycles. The van der Waals surface area contributed by atoms with Crippen LogP contribution in [0.25, 0.3) is 11.1 Å². The van der Waals surface area contributed by atoms with Crippen molar-refractivity contribution in [2.45, 2.75) is 58.5 Å². The zero-order valence-electron chi connectivity index (χ0n) is 20.7. The molecule has 2 amide bonds. The van der Waals surface area contributed by atoms with Crippen LogP contribution in [0.1, 0.15) is 57.6 Å². The Labute approximate surface area is 206 Å². The number of carbonyl (C=O) groups is 3. The van der Waals surface area contributed by atoms with E-state index < -0.39 is 23.5 Å². The van der Waals surface area contributed by atoms with Gasteiger partial charge in [-0.2, -0.15) is 0 Å². The topological polar surface area (TPSA) is 105 Å². The molecule has 0 saturated heterocycles. The van der Waals surface area contributed by atoms with E-state index in [0.29, 0.717) is 12.8 Å². The summed E-state index contributed by atoms with van der Waals surface area (Å²) in [6.07, 6.45) is 0.533. The fraction of sp³-hybridized carbons (Fsp3) is 0.464. The molecule has 7 heteroatoms. The predicted molar refractivity (Wildman–Crippen MR) is 133 cm³/mol. The smallest absolute Gasteiger partial charge is 0.407 e. The first-order chi connectivity index (χ1) is 16.6. The van der Waals surface area contributed by atoms with Crippen LogP contribution >= 0.6 is 0 Å². The molecule has 0 heterocycles. The summed E-state index contributed by atoms with van der Waals surface area (Å²) in [6.45, 7) is 7.30. The summed E-state index contributed by atoms with van der Waals surface area (Å²) in [5, 5.41) is 15.3. The molecular formula is C28H34N2O5. The van der Waals surface area contributed by atoms with E-state index in [0.717, 1.165) is 11.1 Å². The van der Waals surface area contributed by atoms with E-state index in [1.54, 1.807) is 13.8 Å². The zero-order chi connectivity index (χ0) is 25.3. The van der Waals surface area contributed by atoms with E-state index in [1.165, 1.54) is 11.1 Å². The van der Waals surface area contributed by atoms with E-state index in [1.807, 2.05) is 38.1 Å². The number of rotatable bonds is 8. The maximum absolute atomic E-state index is 12.7. The number of aliphatic carboxylic acids is 1. The van der Waals surface area contributed by atoms with Gasteiger partial charge in [0.15, 0.2) is 0 Å². The van der Waals surface area contributed by atoms with Crippen molar-refractivity contribution in [3.8, 4) is 11.1 Å². The van der Waals surface area contributed by atoms with E-state index in [-0.39, 0.29) is 36.3 Å². The van der Waals surface area contributed by atoms with Crippen LogP contribution in [0.3, 0.4) is 0 Å². The third-order valence-corrected chi connectivity index (χ3v) is 7.47. The number of benzene rings is 2. The van der Waals surface area contributed by atoms with E-state index >= 15 is 0 Å². The van der Waals surface area contributed by atoms with Crippen LogP contribution in [-0.4, -0.2) is 41.8 Å². The first-order valence-corrected chi connectivity index (χ1v) is 12.2. The largest absolute Gasteiger partial charge is 0.481 e. The van der Waals surface area contributed by atoms with Crippen molar-refractivity contribution in [1.29, 1.82) is 0 Å². The fourth-order valence-corrected chi connectivity index (χ4v) is 5.34. The number of amides is 2. The normalized spacial score (nSPS) is 19.8. The van der Waals surface area contributed by atoms with Gasteiger partial charge >= 0.3 is 12.1 Å². The van der Waals surface area contributed by atoms with E-state index in [4.69, 9.17) is 4.74 Å². The summed E-state index contributed by atoms with van der Waals surface area (Å²) >= 11 is 0. The van der Waals surface area contributed by atoms with Gasteiger partial charge in [-0.25, -0.2) is 4.79 Å². The second kappa shape index (κ2) is 9.72. The van der Waals surface area contributed by atoms with Crippen molar-refractivity contribution in [3.63, 3.8) is 0 Å². The van der Waals surface area contributed by atoms with Crippen LogP contribution in [0.4, 0.5) is 4.79 Å². The molecule has 2 aromatic carbocycles. The lowest BCUT2D eigenvalue weighted by Gasteiger charge is -2.39. The van der Waals surface area contributed by atoms with Gasteiger partial charge in [0.1, 0.15) is 6.61 Å². The molecule has 4 rings (SSSR count). The van der Waals surface area contributed by atoms with Crippen molar-refractivity contribution < 1.29 is 24.2 Å². The van der Waals surface area contributed by atoms with Crippen LogP contribution < -0.4 is 10.6 Å². The molecule has 1 saturated carbocycles. The quantitative estimate of drug-likeness (QED) is 0.516. The Balaban J connectivity index is 1.27. The molecule has 7 nitrogen and oxygen atoms in total. The minimum absolute atomic E-state index is 0.00127. The lowest BCUT2D eigenvalue weighted by Crippen LogP contribution is -2.56. The number of carbonyl (C=O) groups excluding carboxylic acids is 2. The highest BCUT2D eigenvalue weighted by molar-refractivity contribution is 5.82. The van der Waals surface area contributed by atoms with Gasteiger partial charge in [0.25, 0.3) is 0 Å². The fourth-order valence-electron chi connectivity index (χ4n) is 5.34. The minimum Gasteiger partial charge on any atom is -0.481 e. The highest BCUT2D eigenvalue weighted by Crippen LogP contribution is 2.44. The second-order valence-corrected chi connectivity index (χ2v) is 10.6. The summed E-state index contributed by atoms with van der Waals surface area (Å²) in [4.78, 5) is 36.9. The van der Waals surface area contributed by atoms with Gasteiger partial charge in [0.05, 0.1) is 5.41 Å². The summed E-state index contributed by atoms with van der Waals surface area (Å²) < 4.78 is 5.59. The molecule has 1 atom stereocenters.